The Morgan fingerprint density at radius 3 is 2.12 bits per heavy atom. The molecule has 18 heteroatoms. The molecule has 2 fully saturated rings. The first-order chi connectivity index (χ1) is 27.5. The highest BCUT2D eigenvalue weighted by Gasteiger charge is 2.43. The number of amides is 2. The van der Waals surface area contributed by atoms with E-state index in [4.69, 9.17) is 28.8 Å². The van der Waals surface area contributed by atoms with Crippen molar-refractivity contribution in [1.29, 1.82) is 0 Å². The van der Waals surface area contributed by atoms with Gasteiger partial charge in [-0.2, -0.15) is 10.00 Å². The van der Waals surface area contributed by atoms with Crippen LogP contribution >= 0.6 is 0 Å². The van der Waals surface area contributed by atoms with Gasteiger partial charge in [0.1, 0.15) is 45.0 Å². The summed E-state index contributed by atoms with van der Waals surface area (Å²) >= 11 is 0. The van der Waals surface area contributed by atoms with E-state index in [1.165, 1.54) is 12.3 Å². The topological polar surface area (TPSA) is 160 Å². The lowest BCUT2D eigenvalue weighted by molar-refractivity contribution is -0.178. The number of imide groups is 1. The molecule has 320 valence electrons. The van der Waals surface area contributed by atoms with Crippen molar-refractivity contribution in [2.45, 2.75) is 122 Å². The number of carbonyl (C=O) groups is 2. The Balaban J connectivity index is 1.56. The predicted octanol–water partition coefficient (Wildman–Crippen LogP) is 9.37. The fourth-order valence-corrected chi connectivity index (χ4v) is 8.33. The molecule has 2 aromatic heterocycles. The second-order valence-corrected chi connectivity index (χ2v) is 18.4. The largest absolute Gasteiger partial charge is 0.494 e. The molecule has 1 spiro atoms. The normalized spacial score (nSPS) is 16.2. The lowest BCUT2D eigenvalue weighted by atomic mass is 9.80. The van der Waals surface area contributed by atoms with Crippen molar-refractivity contribution >= 4 is 44.6 Å². The Hall–Kier alpha value is -4.94. The minimum absolute atomic E-state index is 0.00279. The third-order valence-corrected chi connectivity index (χ3v) is 11.0. The van der Waals surface area contributed by atoms with Crippen molar-refractivity contribution in [2.75, 3.05) is 29.4 Å². The SMILES string of the molecule is CCOc1ccc(F)c(S(=O)(=O)Nc2cc(F)c(-c3nn(C(C)C)c4c(C5CCC6(CC5)OCCO6)cnc(N(C(=O)OC(C)(C)C)C(=O)OC(C)(C)C)c34)cc2F)c1. The van der Waals surface area contributed by atoms with Crippen LogP contribution in [0, 0.1) is 17.5 Å². The molecule has 3 heterocycles. The van der Waals surface area contributed by atoms with Gasteiger partial charge in [-0.1, -0.05) is 0 Å². The number of rotatable bonds is 9. The number of hydrogen-bond acceptors (Lipinski definition) is 11. The van der Waals surface area contributed by atoms with Gasteiger partial charge >= 0.3 is 12.2 Å². The number of aromatic nitrogens is 3. The fourth-order valence-electron chi connectivity index (χ4n) is 7.18. The summed E-state index contributed by atoms with van der Waals surface area (Å²) in [5, 5.41) is 4.78. The smallest absolute Gasteiger partial charge is 0.425 e. The Kier molecular flexibility index (Phi) is 12.0. The standard InChI is InChI=1S/C41H50F3N5O9S/c1-10-54-25-11-12-28(42)32(19-25)59(52,53)47-31-21-29(43)26(20-30(31)44)34-33-35(49(46-34)23(2)3)27(24-13-15-41(16-14-24)55-17-18-56-41)22-45-36(33)48(37(50)57-39(4,5)6)38(51)58-40(7,8)9/h11-12,19-24,47H,10,13-18H2,1-9H3. The number of anilines is 2. The Morgan fingerprint density at radius 1 is 0.949 bits per heavy atom. The zero-order valence-electron chi connectivity index (χ0n) is 34.6. The van der Waals surface area contributed by atoms with E-state index in [9.17, 15) is 22.4 Å². The van der Waals surface area contributed by atoms with Crippen molar-refractivity contribution in [3.63, 3.8) is 0 Å². The average Bonchev–Trinajstić information content (AvgIpc) is 3.75. The van der Waals surface area contributed by atoms with Crippen LogP contribution in [0.25, 0.3) is 22.2 Å². The van der Waals surface area contributed by atoms with Gasteiger partial charge in [0, 0.05) is 42.8 Å². The van der Waals surface area contributed by atoms with Gasteiger partial charge in [0.05, 0.1) is 36.4 Å². The lowest BCUT2D eigenvalue weighted by Gasteiger charge is -2.36. The van der Waals surface area contributed by atoms with E-state index in [0.717, 1.165) is 18.2 Å². The zero-order chi connectivity index (χ0) is 43.2. The summed E-state index contributed by atoms with van der Waals surface area (Å²) in [4.78, 5) is 32.5. The first-order valence-electron chi connectivity index (χ1n) is 19.4. The van der Waals surface area contributed by atoms with Crippen LogP contribution in [0.3, 0.4) is 0 Å². The number of pyridine rings is 1. The summed E-state index contributed by atoms with van der Waals surface area (Å²) in [6.07, 6.45) is 1.58. The maximum absolute atomic E-state index is 16.6. The van der Waals surface area contributed by atoms with Gasteiger partial charge in [-0.05, 0) is 105 Å². The predicted molar refractivity (Wildman–Crippen MR) is 212 cm³/mol. The van der Waals surface area contributed by atoms with E-state index in [2.05, 4.69) is 4.98 Å². The van der Waals surface area contributed by atoms with Gasteiger partial charge < -0.3 is 23.7 Å². The zero-order valence-corrected chi connectivity index (χ0v) is 35.4. The van der Waals surface area contributed by atoms with Crippen LogP contribution in [0.4, 0.5) is 34.3 Å². The summed E-state index contributed by atoms with van der Waals surface area (Å²) in [5.41, 5.74) is -2.62. The molecule has 1 saturated carbocycles. The van der Waals surface area contributed by atoms with Crippen molar-refractivity contribution in [3.05, 3.63) is 59.5 Å². The number of sulfonamides is 1. The molecule has 2 aromatic carbocycles. The quantitative estimate of drug-likeness (QED) is 0.171. The molecule has 14 nitrogen and oxygen atoms in total. The second kappa shape index (κ2) is 16.3. The highest BCUT2D eigenvalue weighted by atomic mass is 32.2. The molecule has 0 atom stereocenters. The van der Waals surface area contributed by atoms with Crippen molar-refractivity contribution in [2.24, 2.45) is 0 Å². The van der Waals surface area contributed by atoms with Gasteiger partial charge in [0.25, 0.3) is 10.0 Å². The molecule has 0 unspecified atom stereocenters. The summed E-state index contributed by atoms with van der Waals surface area (Å²) in [5.74, 6) is -4.65. The molecule has 1 aliphatic heterocycles. The van der Waals surface area contributed by atoms with Crippen molar-refractivity contribution in [3.8, 4) is 17.0 Å². The van der Waals surface area contributed by atoms with Crippen LogP contribution < -0.4 is 14.4 Å². The summed E-state index contributed by atoms with van der Waals surface area (Å²) in [7, 11) is -4.81. The maximum atomic E-state index is 16.6. The number of fused-ring (bicyclic) bond motifs is 1. The van der Waals surface area contributed by atoms with Gasteiger partial charge in [0.2, 0.25) is 0 Å². The number of hydrogen-bond donors (Lipinski definition) is 1. The van der Waals surface area contributed by atoms with E-state index in [-0.39, 0.29) is 35.2 Å². The lowest BCUT2D eigenvalue weighted by Crippen LogP contribution is -2.44. The first-order valence-corrected chi connectivity index (χ1v) is 20.9. The Labute approximate surface area is 341 Å². The van der Waals surface area contributed by atoms with Crippen LogP contribution in [0.5, 0.6) is 5.75 Å². The molecular weight excluding hydrogens is 796 g/mol. The average molecular weight is 846 g/mol. The molecule has 0 radical (unpaired) electrons. The van der Waals surface area contributed by atoms with E-state index < -0.39 is 78.8 Å². The van der Waals surface area contributed by atoms with E-state index in [1.54, 1.807) is 53.1 Å². The Bertz CT molecular complexity index is 2330. The van der Waals surface area contributed by atoms with E-state index in [0.29, 0.717) is 60.9 Å². The maximum Gasteiger partial charge on any atom is 0.425 e. The van der Waals surface area contributed by atoms with Crippen LogP contribution in [-0.4, -0.2) is 72.2 Å². The molecular formula is C41H50F3N5O9S. The van der Waals surface area contributed by atoms with Gasteiger partial charge in [-0.25, -0.2) is 36.2 Å². The van der Waals surface area contributed by atoms with Crippen LogP contribution in [-0.2, 0) is 29.0 Å². The van der Waals surface area contributed by atoms with Crippen LogP contribution in [0.2, 0.25) is 0 Å². The van der Waals surface area contributed by atoms with E-state index in [1.807, 2.05) is 18.6 Å². The monoisotopic (exact) mass is 845 g/mol. The number of halogens is 3. The highest BCUT2D eigenvalue weighted by Crippen LogP contribution is 2.47. The summed E-state index contributed by atoms with van der Waals surface area (Å²) in [6, 6.07) is 3.97. The summed E-state index contributed by atoms with van der Waals surface area (Å²) in [6.45, 7) is 16.1. The van der Waals surface area contributed by atoms with Gasteiger partial charge in [0.15, 0.2) is 11.6 Å². The molecule has 0 bridgehead atoms. The number of benzene rings is 2. The van der Waals surface area contributed by atoms with Crippen molar-refractivity contribution < 1.29 is 54.9 Å². The molecule has 2 amide bonds. The number of ether oxygens (including phenoxy) is 5. The summed E-state index contributed by atoms with van der Waals surface area (Å²) < 4.78 is 106. The molecule has 4 aromatic rings. The molecule has 1 aliphatic carbocycles. The third-order valence-electron chi connectivity index (χ3n) is 9.65. The number of nitrogens with zero attached hydrogens (tertiary/aromatic N) is 4. The van der Waals surface area contributed by atoms with Crippen molar-refractivity contribution in [1.82, 2.24) is 14.8 Å². The molecule has 59 heavy (non-hydrogen) atoms. The minimum Gasteiger partial charge on any atom is -0.494 e. The fraction of sp³-hybridized carbons (Fsp3) is 0.512. The van der Waals surface area contributed by atoms with Crippen LogP contribution in [0.1, 0.15) is 106 Å². The number of nitrogens with one attached hydrogen (secondary N) is 1. The molecule has 2 aliphatic rings. The third kappa shape index (κ3) is 9.29. The number of carbonyl (C=O) groups excluding carboxylic acids is 2. The van der Waals surface area contributed by atoms with E-state index >= 15 is 8.78 Å². The second-order valence-electron chi connectivity index (χ2n) is 16.8. The highest BCUT2D eigenvalue weighted by molar-refractivity contribution is 7.92. The van der Waals surface area contributed by atoms with Gasteiger partial charge in [-0.15, -0.1) is 0 Å². The molecule has 6 rings (SSSR count). The first kappa shape index (κ1) is 43.6. The Morgan fingerprint density at radius 2 is 1.56 bits per heavy atom. The van der Waals surface area contributed by atoms with Gasteiger partial charge in [-0.3, -0.25) is 9.40 Å². The molecule has 1 N–H and O–H groups in total. The minimum atomic E-state index is -4.81. The van der Waals surface area contributed by atoms with Crippen LogP contribution in [0.15, 0.2) is 41.4 Å². The molecule has 1 saturated heterocycles.